The largest absolute Gasteiger partial charge is 0.480 e. The van der Waals surface area contributed by atoms with Crippen LogP contribution >= 0.6 is 24.8 Å². The maximum Gasteiger partial charge on any atom is 0.317 e. The number of nitrogens with one attached hydrogen (secondary N) is 1. The predicted molar refractivity (Wildman–Crippen MR) is 47.3 cm³/mol. The van der Waals surface area contributed by atoms with Crippen molar-refractivity contribution < 1.29 is 9.90 Å². The van der Waals surface area contributed by atoms with Crippen molar-refractivity contribution in [3.05, 3.63) is 0 Å². The summed E-state index contributed by atoms with van der Waals surface area (Å²) in [7, 11) is 1.59. The molecule has 0 unspecified atom stereocenters. The minimum Gasteiger partial charge on any atom is -0.480 e. The van der Waals surface area contributed by atoms with Crippen LogP contribution in [0.25, 0.3) is 0 Å². The molecule has 0 atom stereocenters. The molecular weight excluding hydrogens is 172 g/mol. The molecule has 60 valence electrons. The van der Waals surface area contributed by atoms with Crippen molar-refractivity contribution in [2.24, 2.45) is 5.73 Å². The fraction of sp³-hybridized carbons (Fsp3) is 0.500. The van der Waals surface area contributed by atoms with Gasteiger partial charge in [0.05, 0.1) is 6.54 Å². The molecule has 0 saturated heterocycles. The highest BCUT2D eigenvalue weighted by molar-refractivity contribution is 8.10. The lowest BCUT2D eigenvalue weighted by atomic mass is 10.7. The molecule has 0 aliphatic rings. The molecule has 0 aliphatic heterocycles. The Morgan fingerprint density at radius 1 is 1.90 bits per heavy atom. The Morgan fingerprint density at radius 2 is 2.20 bits per heavy atom. The van der Waals surface area contributed by atoms with Gasteiger partial charge in [-0.05, 0) is 7.05 Å². The molecule has 0 bridgehead atoms. The number of hydrogen-bond acceptors (Lipinski definition) is 3. The summed E-state index contributed by atoms with van der Waals surface area (Å²) >= 11 is 7.65. The zero-order valence-electron chi connectivity index (χ0n) is 5.50. The fourth-order valence-electron chi connectivity index (χ4n) is 0.151. The van der Waals surface area contributed by atoms with E-state index in [0.29, 0.717) is 0 Å². The van der Waals surface area contributed by atoms with E-state index in [-0.39, 0.29) is 10.9 Å². The van der Waals surface area contributed by atoms with Crippen molar-refractivity contribution in [3.63, 3.8) is 0 Å². The zero-order valence-corrected chi connectivity index (χ0v) is 7.21. The summed E-state index contributed by atoms with van der Waals surface area (Å²) in [6.45, 7) is 0.0417. The van der Waals surface area contributed by atoms with Crippen LogP contribution in [0.15, 0.2) is 0 Å². The van der Waals surface area contributed by atoms with Crippen LogP contribution in [0.1, 0.15) is 0 Å². The van der Waals surface area contributed by atoms with E-state index in [2.05, 4.69) is 30.2 Å². The minimum atomic E-state index is -0.822. The van der Waals surface area contributed by atoms with Gasteiger partial charge in [0.2, 0.25) is 0 Å². The quantitative estimate of drug-likeness (QED) is 0.340. The Labute approximate surface area is 70.2 Å². The highest BCUT2D eigenvalue weighted by atomic mass is 32.1. The third-order valence-corrected chi connectivity index (χ3v) is 0.328. The van der Waals surface area contributed by atoms with E-state index in [0.717, 1.165) is 0 Å². The molecule has 0 spiro atoms. The standard InChI is InChI=1S/C3H7NO2.CH3NS2/c1-4-2-3(5)6;2-1(3)4/h4H,2H2,1H3,(H,5,6);(H3,2,3,4). The van der Waals surface area contributed by atoms with Gasteiger partial charge in [0.25, 0.3) is 0 Å². The lowest BCUT2D eigenvalue weighted by Gasteiger charge is -1.84. The topological polar surface area (TPSA) is 75.3 Å². The molecule has 0 aromatic carbocycles. The van der Waals surface area contributed by atoms with Crippen LogP contribution in [0, 0.1) is 0 Å². The average Bonchev–Trinajstić information content (AvgIpc) is 1.62. The first-order valence-corrected chi connectivity index (χ1v) is 3.21. The highest BCUT2D eigenvalue weighted by Crippen LogP contribution is 1.63. The zero-order chi connectivity index (χ0) is 8.57. The number of carboxylic acids is 1. The van der Waals surface area contributed by atoms with Crippen LogP contribution < -0.4 is 11.1 Å². The van der Waals surface area contributed by atoms with Crippen molar-refractivity contribution in [1.82, 2.24) is 5.32 Å². The van der Waals surface area contributed by atoms with Crippen LogP contribution in [-0.2, 0) is 4.79 Å². The molecule has 0 rings (SSSR count). The lowest BCUT2D eigenvalue weighted by molar-refractivity contribution is -0.135. The smallest absolute Gasteiger partial charge is 0.317 e. The summed E-state index contributed by atoms with van der Waals surface area (Å²) in [6, 6.07) is 0. The van der Waals surface area contributed by atoms with E-state index < -0.39 is 5.97 Å². The van der Waals surface area contributed by atoms with Crippen LogP contribution in [0.5, 0.6) is 0 Å². The Hall–Kier alpha value is -0.330. The van der Waals surface area contributed by atoms with Crippen molar-refractivity contribution in [1.29, 1.82) is 0 Å². The van der Waals surface area contributed by atoms with Gasteiger partial charge < -0.3 is 16.2 Å². The summed E-state index contributed by atoms with van der Waals surface area (Å²) < 4.78 is 0.194. The number of aliphatic carboxylic acids is 1. The van der Waals surface area contributed by atoms with Crippen molar-refractivity contribution in [2.45, 2.75) is 0 Å². The monoisotopic (exact) mass is 182 g/mol. The fourth-order valence-corrected chi connectivity index (χ4v) is 0.151. The molecule has 0 radical (unpaired) electrons. The van der Waals surface area contributed by atoms with Gasteiger partial charge in [0, 0.05) is 0 Å². The molecule has 6 heteroatoms. The molecule has 4 N–H and O–H groups in total. The third kappa shape index (κ3) is 47.9. The molecule has 0 aromatic heterocycles. The average molecular weight is 182 g/mol. The maximum absolute atomic E-state index is 9.54. The van der Waals surface area contributed by atoms with Crippen LogP contribution in [0.2, 0.25) is 0 Å². The van der Waals surface area contributed by atoms with Gasteiger partial charge in [-0.15, -0.1) is 12.6 Å². The minimum absolute atomic E-state index is 0.0417. The number of rotatable bonds is 2. The Kier molecular flexibility index (Phi) is 10.7. The van der Waals surface area contributed by atoms with Crippen molar-refractivity contribution in [3.8, 4) is 0 Å². The van der Waals surface area contributed by atoms with Gasteiger partial charge in [0.1, 0.15) is 4.32 Å². The first-order valence-electron chi connectivity index (χ1n) is 2.35. The lowest BCUT2D eigenvalue weighted by Crippen LogP contribution is -2.16. The molecule has 0 saturated carbocycles. The highest BCUT2D eigenvalue weighted by Gasteiger charge is 1.86. The van der Waals surface area contributed by atoms with Gasteiger partial charge in [0.15, 0.2) is 0 Å². The predicted octanol–water partition coefficient (Wildman–Crippen LogP) is -0.550. The van der Waals surface area contributed by atoms with Gasteiger partial charge in [-0.3, -0.25) is 4.79 Å². The number of carbonyl (C=O) groups is 1. The van der Waals surface area contributed by atoms with Crippen molar-refractivity contribution in [2.75, 3.05) is 13.6 Å². The number of likely N-dealkylation sites (N-methyl/N-ethyl adjacent to an activating group) is 1. The van der Waals surface area contributed by atoms with Gasteiger partial charge in [-0.1, -0.05) is 12.2 Å². The Bertz CT molecular complexity index is 114. The summed E-state index contributed by atoms with van der Waals surface area (Å²) in [4.78, 5) is 9.54. The molecular formula is C4H10N2O2S2. The number of thiol groups is 1. The third-order valence-electron chi connectivity index (χ3n) is 0.328. The van der Waals surface area contributed by atoms with E-state index >= 15 is 0 Å². The number of thiocarbonyl (C=S) groups is 1. The SMILES string of the molecule is CNCC(=O)O.NC(=S)S. The van der Waals surface area contributed by atoms with Crippen molar-refractivity contribution >= 4 is 35.1 Å². The molecule has 10 heavy (non-hydrogen) atoms. The van der Waals surface area contributed by atoms with Gasteiger partial charge >= 0.3 is 5.97 Å². The molecule has 0 aromatic rings. The Morgan fingerprint density at radius 3 is 2.20 bits per heavy atom. The number of hydrogen-bond donors (Lipinski definition) is 4. The summed E-state index contributed by atoms with van der Waals surface area (Å²) in [5.74, 6) is -0.822. The van der Waals surface area contributed by atoms with E-state index in [1.54, 1.807) is 7.05 Å². The molecule has 0 heterocycles. The second kappa shape index (κ2) is 8.67. The molecule has 0 aliphatic carbocycles. The van der Waals surface area contributed by atoms with Crippen LogP contribution in [0.3, 0.4) is 0 Å². The molecule has 4 nitrogen and oxygen atoms in total. The Balaban J connectivity index is 0. The summed E-state index contributed by atoms with van der Waals surface area (Å²) in [5.41, 5.74) is 4.71. The van der Waals surface area contributed by atoms with Gasteiger partial charge in [-0.25, -0.2) is 0 Å². The maximum atomic E-state index is 9.54. The summed E-state index contributed by atoms with van der Waals surface area (Å²) in [6.07, 6.45) is 0. The first-order chi connectivity index (χ1) is 4.50. The second-order valence-electron chi connectivity index (χ2n) is 1.26. The molecule has 0 fully saturated rings. The van der Waals surface area contributed by atoms with E-state index in [1.165, 1.54) is 0 Å². The normalized spacial score (nSPS) is 7.40. The van der Waals surface area contributed by atoms with Crippen LogP contribution in [0.4, 0.5) is 0 Å². The van der Waals surface area contributed by atoms with Crippen LogP contribution in [-0.4, -0.2) is 29.0 Å². The van der Waals surface area contributed by atoms with E-state index in [4.69, 9.17) is 10.8 Å². The first kappa shape index (κ1) is 12.4. The molecule has 0 amide bonds. The number of carboxylic acid groups (broad SMARTS) is 1. The number of nitrogens with two attached hydrogens (primary N) is 1. The second-order valence-corrected chi connectivity index (χ2v) is 2.49. The van der Waals surface area contributed by atoms with E-state index in [1.807, 2.05) is 0 Å². The van der Waals surface area contributed by atoms with E-state index in [9.17, 15) is 4.79 Å². The summed E-state index contributed by atoms with van der Waals surface area (Å²) in [5, 5.41) is 10.3. The van der Waals surface area contributed by atoms with Gasteiger partial charge in [-0.2, -0.15) is 0 Å².